The highest BCUT2D eigenvalue weighted by Gasteiger charge is 1.98. The van der Waals surface area contributed by atoms with E-state index in [4.69, 9.17) is 0 Å². The molecule has 0 nitrogen and oxygen atoms in total. The summed E-state index contributed by atoms with van der Waals surface area (Å²) in [6.07, 6.45) is 1.28. The highest BCUT2D eigenvalue weighted by Crippen LogP contribution is 1.97. The lowest BCUT2D eigenvalue weighted by atomic mass is 10.2. The fourth-order valence-electron chi connectivity index (χ4n) is 0.167. The van der Waals surface area contributed by atoms with Crippen molar-refractivity contribution in [3.05, 3.63) is 12.7 Å². The minimum absolute atomic E-state index is 0.583. The summed E-state index contributed by atoms with van der Waals surface area (Å²) in [6.45, 7) is 1.94. The van der Waals surface area contributed by atoms with Crippen LogP contribution < -0.4 is 0 Å². The molecule has 0 atom stereocenters. The van der Waals surface area contributed by atoms with Crippen LogP contribution in [0, 0.1) is 5.92 Å². The lowest BCUT2D eigenvalue weighted by Crippen LogP contribution is -1.99. The standard InChI is InChI=1S/C5H8F2/c1-2-5(3-6)4-7/h2,5H,1,3-4H2. The van der Waals surface area contributed by atoms with Crippen LogP contribution in [0.25, 0.3) is 0 Å². The second kappa shape index (κ2) is 3.78. The molecule has 0 bridgehead atoms. The van der Waals surface area contributed by atoms with Crippen molar-refractivity contribution in [3.63, 3.8) is 0 Å². The Bertz CT molecular complexity index is 48.0. The maximum Gasteiger partial charge on any atom is 0.0982 e. The molecule has 0 amide bonds. The number of allylic oxidation sites excluding steroid dienone is 1. The lowest BCUT2D eigenvalue weighted by molar-refractivity contribution is 0.334. The minimum Gasteiger partial charge on any atom is -0.250 e. The molecule has 2 heteroatoms. The average Bonchev–Trinajstić information content (AvgIpc) is 1.72. The van der Waals surface area contributed by atoms with Crippen LogP contribution in [0.1, 0.15) is 0 Å². The molecular weight excluding hydrogens is 98.1 g/mol. The van der Waals surface area contributed by atoms with E-state index in [1.165, 1.54) is 6.08 Å². The first-order chi connectivity index (χ1) is 3.35. The maximum absolute atomic E-state index is 11.3. The van der Waals surface area contributed by atoms with Crippen molar-refractivity contribution in [2.75, 3.05) is 13.3 Å². The quantitative estimate of drug-likeness (QED) is 0.480. The van der Waals surface area contributed by atoms with E-state index in [1.807, 2.05) is 0 Å². The van der Waals surface area contributed by atoms with Crippen LogP contribution in [-0.2, 0) is 0 Å². The van der Waals surface area contributed by atoms with Crippen molar-refractivity contribution >= 4 is 0 Å². The van der Waals surface area contributed by atoms with E-state index in [-0.39, 0.29) is 0 Å². The Labute approximate surface area is 41.8 Å². The molecule has 0 aliphatic rings. The van der Waals surface area contributed by atoms with Gasteiger partial charge in [0.05, 0.1) is 13.3 Å². The van der Waals surface area contributed by atoms with Crippen LogP contribution in [0.5, 0.6) is 0 Å². The first kappa shape index (κ1) is 6.60. The lowest BCUT2D eigenvalue weighted by Gasteiger charge is -1.95. The first-order valence-corrected chi connectivity index (χ1v) is 2.09. The van der Waals surface area contributed by atoms with Gasteiger partial charge < -0.3 is 0 Å². The summed E-state index contributed by atoms with van der Waals surface area (Å²) < 4.78 is 22.7. The first-order valence-electron chi connectivity index (χ1n) is 2.09. The third-order valence-electron chi connectivity index (χ3n) is 0.730. The van der Waals surface area contributed by atoms with Crippen LogP contribution in [0.15, 0.2) is 12.7 Å². The monoisotopic (exact) mass is 106 g/mol. The van der Waals surface area contributed by atoms with E-state index in [1.54, 1.807) is 0 Å². The average molecular weight is 106 g/mol. The van der Waals surface area contributed by atoms with E-state index >= 15 is 0 Å². The zero-order valence-corrected chi connectivity index (χ0v) is 4.03. The van der Waals surface area contributed by atoms with Crippen molar-refractivity contribution in [1.29, 1.82) is 0 Å². The van der Waals surface area contributed by atoms with Gasteiger partial charge in [0, 0.05) is 5.92 Å². The van der Waals surface area contributed by atoms with Crippen molar-refractivity contribution < 1.29 is 8.78 Å². The van der Waals surface area contributed by atoms with Gasteiger partial charge in [0.15, 0.2) is 0 Å². The van der Waals surface area contributed by atoms with Crippen LogP contribution >= 0.6 is 0 Å². The van der Waals surface area contributed by atoms with Gasteiger partial charge in [0.1, 0.15) is 0 Å². The molecule has 0 aliphatic carbocycles. The van der Waals surface area contributed by atoms with E-state index in [0.29, 0.717) is 0 Å². The third-order valence-corrected chi connectivity index (χ3v) is 0.730. The summed E-state index contributed by atoms with van der Waals surface area (Å²) in [5, 5.41) is 0. The van der Waals surface area contributed by atoms with Crippen LogP contribution in [0.3, 0.4) is 0 Å². The Kier molecular flexibility index (Phi) is 3.56. The van der Waals surface area contributed by atoms with Crippen LogP contribution in [0.4, 0.5) is 8.78 Å². The van der Waals surface area contributed by atoms with E-state index in [2.05, 4.69) is 6.58 Å². The largest absolute Gasteiger partial charge is 0.250 e. The molecule has 42 valence electrons. The highest BCUT2D eigenvalue weighted by molar-refractivity contribution is 4.76. The van der Waals surface area contributed by atoms with Crippen LogP contribution in [0.2, 0.25) is 0 Å². The Morgan fingerprint density at radius 3 is 1.86 bits per heavy atom. The molecule has 0 N–H and O–H groups in total. The zero-order valence-electron chi connectivity index (χ0n) is 4.03. The molecule has 0 rings (SSSR count). The number of rotatable bonds is 3. The summed E-state index contributed by atoms with van der Waals surface area (Å²) >= 11 is 0. The van der Waals surface area contributed by atoms with Crippen molar-refractivity contribution in [2.24, 2.45) is 5.92 Å². The zero-order chi connectivity index (χ0) is 5.70. The van der Waals surface area contributed by atoms with Crippen LogP contribution in [-0.4, -0.2) is 13.3 Å². The highest BCUT2D eigenvalue weighted by atomic mass is 19.1. The summed E-state index contributed by atoms with van der Waals surface area (Å²) in [6, 6.07) is 0. The van der Waals surface area contributed by atoms with Gasteiger partial charge in [-0.2, -0.15) is 0 Å². The van der Waals surface area contributed by atoms with Crippen molar-refractivity contribution in [3.8, 4) is 0 Å². The molecular formula is C5H8F2. The number of hydrogen-bond donors (Lipinski definition) is 0. The molecule has 0 aromatic rings. The van der Waals surface area contributed by atoms with Gasteiger partial charge in [-0.25, -0.2) is 0 Å². The van der Waals surface area contributed by atoms with E-state index in [9.17, 15) is 8.78 Å². The van der Waals surface area contributed by atoms with E-state index in [0.717, 1.165) is 0 Å². The maximum atomic E-state index is 11.3. The predicted molar refractivity (Wildman–Crippen MR) is 25.6 cm³/mol. The van der Waals surface area contributed by atoms with Gasteiger partial charge in [-0.1, -0.05) is 6.08 Å². The Morgan fingerprint density at radius 2 is 1.86 bits per heavy atom. The van der Waals surface area contributed by atoms with E-state index < -0.39 is 19.3 Å². The Balaban J connectivity index is 3.16. The molecule has 0 unspecified atom stereocenters. The molecule has 0 radical (unpaired) electrons. The molecule has 0 aromatic heterocycles. The van der Waals surface area contributed by atoms with Gasteiger partial charge in [0.2, 0.25) is 0 Å². The fraction of sp³-hybridized carbons (Fsp3) is 0.600. The molecule has 0 heterocycles. The fourth-order valence-corrected chi connectivity index (χ4v) is 0.167. The van der Waals surface area contributed by atoms with Crippen molar-refractivity contribution in [1.82, 2.24) is 0 Å². The number of halogens is 2. The third kappa shape index (κ3) is 2.31. The molecule has 7 heavy (non-hydrogen) atoms. The molecule has 0 saturated carbocycles. The molecule has 0 aromatic carbocycles. The summed E-state index contributed by atoms with van der Waals surface area (Å²) in [5.41, 5.74) is 0. The smallest absolute Gasteiger partial charge is 0.0982 e. The Hall–Kier alpha value is -0.400. The van der Waals surface area contributed by atoms with Gasteiger partial charge in [0.25, 0.3) is 0 Å². The number of hydrogen-bond acceptors (Lipinski definition) is 0. The molecule has 0 fully saturated rings. The van der Waals surface area contributed by atoms with Gasteiger partial charge in [-0.3, -0.25) is 8.78 Å². The van der Waals surface area contributed by atoms with Gasteiger partial charge in [-0.15, -0.1) is 6.58 Å². The summed E-state index contributed by atoms with van der Waals surface area (Å²) in [4.78, 5) is 0. The topological polar surface area (TPSA) is 0 Å². The minimum atomic E-state index is -0.639. The summed E-state index contributed by atoms with van der Waals surface area (Å²) in [5.74, 6) is -0.583. The molecule has 0 spiro atoms. The predicted octanol–water partition coefficient (Wildman–Crippen LogP) is 1.73. The Morgan fingerprint density at radius 1 is 1.43 bits per heavy atom. The number of alkyl halides is 2. The molecule has 0 saturated heterocycles. The molecule has 0 aliphatic heterocycles. The summed E-state index contributed by atoms with van der Waals surface area (Å²) in [7, 11) is 0. The second-order valence-electron chi connectivity index (χ2n) is 1.30. The van der Waals surface area contributed by atoms with Gasteiger partial charge >= 0.3 is 0 Å². The van der Waals surface area contributed by atoms with Crippen molar-refractivity contribution in [2.45, 2.75) is 0 Å². The normalized spacial score (nSPS) is 9.57. The second-order valence-corrected chi connectivity index (χ2v) is 1.30. The SMILES string of the molecule is C=CC(CF)CF. The van der Waals surface area contributed by atoms with Gasteiger partial charge in [-0.05, 0) is 0 Å².